The zero-order valence-corrected chi connectivity index (χ0v) is 7.16. The smallest absolute Gasteiger partial charge is 0.408 e. The Hall–Kier alpha value is -1.24. The molecule has 7 heteroatoms. The fourth-order valence-electron chi connectivity index (χ4n) is 0.853. The second kappa shape index (κ2) is 4.32. The van der Waals surface area contributed by atoms with E-state index in [1.165, 1.54) is 6.20 Å². The lowest BCUT2D eigenvalue weighted by molar-refractivity contribution is -0.142. The lowest BCUT2D eigenvalue weighted by Crippen LogP contribution is -2.17. The molecule has 80 valence electrons. The van der Waals surface area contributed by atoms with Gasteiger partial charge in [-0.05, 0) is 0 Å². The Kier molecular flexibility index (Phi) is 3.34. The Balaban J connectivity index is 2.51. The van der Waals surface area contributed by atoms with Crippen molar-refractivity contribution in [3.63, 3.8) is 0 Å². The van der Waals surface area contributed by atoms with Crippen molar-refractivity contribution in [1.29, 1.82) is 0 Å². The van der Waals surface area contributed by atoms with Crippen molar-refractivity contribution >= 4 is 0 Å². The number of aliphatic hydroxyl groups excluding tert-OH is 1. The molecule has 0 spiro atoms. The summed E-state index contributed by atoms with van der Waals surface area (Å²) in [7, 11) is 0. The van der Waals surface area contributed by atoms with Crippen LogP contribution in [0.25, 0.3) is 0 Å². The van der Waals surface area contributed by atoms with Crippen molar-refractivity contribution in [1.82, 2.24) is 9.78 Å². The quantitative estimate of drug-likeness (QED) is 0.800. The molecule has 0 aliphatic carbocycles. The van der Waals surface area contributed by atoms with E-state index in [2.05, 4.69) is 5.10 Å². The second-order valence-electron chi connectivity index (χ2n) is 2.56. The summed E-state index contributed by atoms with van der Waals surface area (Å²) in [5.74, 6) is 0.211. The average Bonchev–Trinajstić information content (AvgIpc) is 2.46. The number of alkyl halides is 3. The van der Waals surface area contributed by atoms with E-state index in [4.69, 9.17) is 9.84 Å². The maximum Gasteiger partial charge on any atom is 0.408 e. The molecule has 0 saturated carbocycles. The van der Waals surface area contributed by atoms with E-state index in [0.717, 1.165) is 10.9 Å². The van der Waals surface area contributed by atoms with Crippen LogP contribution >= 0.6 is 0 Å². The van der Waals surface area contributed by atoms with Crippen molar-refractivity contribution < 1.29 is 23.0 Å². The minimum absolute atomic E-state index is 0.0394. The molecular formula is C7H9F3N2O2. The number of halogens is 3. The molecule has 0 radical (unpaired) electrons. The maximum absolute atomic E-state index is 11.9. The lowest BCUT2D eigenvalue weighted by Gasteiger charge is -2.05. The average molecular weight is 210 g/mol. The summed E-state index contributed by atoms with van der Waals surface area (Å²) in [4.78, 5) is 0. The number of hydrogen-bond acceptors (Lipinski definition) is 3. The molecule has 0 amide bonds. The van der Waals surface area contributed by atoms with E-state index >= 15 is 0 Å². The molecule has 4 nitrogen and oxygen atoms in total. The van der Waals surface area contributed by atoms with Crippen molar-refractivity contribution in [2.75, 3.05) is 13.2 Å². The summed E-state index contributed by atoms with van der Waals surface area (Å²) in [5, 5.41) is 11.8. The Bertz CT molecular complexity index is 285. The van der Waals surface area contributed by atoms with Crippen LogP contribution in [0.1, 0.15) is 0 Å². The number of hydrogen-bond donors (Lipinski definition) is 1. The first-order chi connectivity index (χ1) is 6.51. The fourth-order valence-corrected chi connectivity index (χ4v) is 0.853. The molecule has 1 heterocycles. The minimum Gasteiger partial charge on any atom is -0.488 e. The molecule has 1 aromatic heterocycles. The number of aromatic nitrogens is 2. The highest BCUT2D eigenvalue weighted by atomic mass is 19.4. The summed E-state index contributed by atoms with van der Waals surface area (Å²) in [6.45, 7) is -1.29. The van der Waals surface area contributed by atoms with Gasteiger partial charge in [0.05, 0.1) is 19.0 Å². The summed E-state index contributed by atoms with van der Waals surface area (Å²) in [6, 6.07) is 0. The Labute approximate surface area is 77.9 Å². The third-order valence-electron chi connectivity index (χ3n) is 1.31. The van der Waals surface area contributed by atoms with Crippen LogP contribution in [-0.4, -0.2) is 34.3 Å². The second-order valence-corrected chi connectivity index (χ2v) is 2.56. The van der Waals surface area contributed by atoms with Gasteiger partial charge in [-0.2, -0.15) is 18.3 Å². The van der Waals surface area contributed by atoms with E-state index in [1.807, 2.05) is 0 Å². The third-order valence-corrected chi connectivity index (χ3v) is 1.31. The van der Waals surface area contributed by atoms with Gasteiger partial charge in [-0.3, -0.25) is 4.68 Å². The highest BCUT2D eigenvalue weighted by Gasteiger charge is 2.28. The van der Waals surface area contributed by atoms with Gasteiger partial charge in [0, 0.05) is 0 Å². The van der Waals surface area contributed by atoms with Crippen LogP contribution in [0.3, 0.4) is 0 Å². The van der Waals surface area contributed by atoms with Crippen LogP contribution in [0.4, 0.5) is 13.2 Å². The zero-order valence-electron chi connectivity index (χ0n) is 7.16. The van der Waals surface area contributed by atoms with Crippen LogP contribution in [-0.2, 0) is 6.54 Å². The summed E-state index contributed by atoms with van der Waals surface area (Å²) in [6.07, 6.45) is -2.00. The first-order valence-corrected chi connectivity index (χ1v) is 3.84. The van der Waals surface area contributed by atoms with Gasteiger partial charge < -0.3 is 9.84 Å². The van der Waals surface area contributed by atoms with Crippen LogP contribution in [0, 0.1) is 0 Å². The van der Waals surface area contributed by atoms with Gasteiger partial charge in [-0.25, -0.2) is 0 Å². The largest absolute Gasteiger partial charge is 0.488 e. The molecule has 1 rings (SSSR count). The van der Waals surface area contributed by atoms with Crippen molar-refractivity contribution in [2.24, 2.45) is 0 Å². The standard InChI is InChI=1S/C7H9F3N2O2/c8-7(9,10)5-12-4-6(3-11-12)14-2-1-13/h3-4,13H,1-2,5H2. The number of nitrogens with zero attached hydrogens (tertiary/aromatic N) is 2. The highest BCUT2D eigenvalue weighted by molar-refractivity contribution is 5.11. The first kappa shape index (κ1) is 10.8. The Morgan fingerprint density at radius 1 is 1.50 bits per heavy atom. The molecule has 0 aliphatic rings. The SMILES string of the molecule is OCCOc1cnn(CC(F)(F)F)c1. The molecule has 14 heavy (non-hydrogen) atoms. The molecule has 1 aromatic rings. The number of aliphatic hydroxyl groups is 1. The predicted octanol–water partition coefficient (Wildman–Crippen LogP) is 0.816. The summed E-state index contributed by atoms with van der Waals surface area (Å²) >= 11 is 0. The predicted molar refractivity (Wildman–Crippen MR) is 40.9 cm³/mol. The monoisotopic (exact) mass is 210 g/mol. The van der Waals surface area contributed by atoms with Crippen molar-refractivity contribution in [3.05, 3.63) is 12.4 Å². The topological polar surface area (TPSA) is 47.3 Å². The Morgan fingerprint density at radius 3 is 2.79 bits per heavy atom. The van der Waals surface area contributed by atoms with E-state index in [0.29, 0.717) is 0 Å². The van der Waals surface area contributed by atoms with Gasteiger partial charge in [0.2, 0.25) is 0 Å². The van der Waals surface area contributed by atoms with Gasteiger partial charge >= 0.3 is 6.18 Å². The molecule has 0 unspecified atom stereocenters. The molecule has 0 saturated heterocycles. The molecule has 0 aliphatic heterocycles. The van der Waals surface area contributed by atoms with E-state index in [-0.39, 0.29) is 19.0 Å². The van der Waals surface area contributed by atoms with Crippen LogP contribution < -0.4 is 4.74 Å². The van der Waals surface area contributed by atoms with E-state index < -0.39 is 12.7 Å². The zero-order chi connectivity index (χ0) is 10.6. The molecule has 0 fully saturated rings. The van der Waals surface area contributed by atoms with Crippen LogP contribution in [0.5, 0.6) is 5.75 Å². The molecule has 0 aromatic carbocycles. The van der Waals surface area contributed by atoms with Crippen molar-refractivity contribution in [2.45, 2.75) is 12.7 Å². The normalized spacial score (nSPS) is 11.7. The van der Waals surface area contributed by atoms with Gasteiger partial charge in [-0.1, -0.05) is 0 Å². The van der Waals surface area contributed by atoms with Gasteiger partial charge in [-0.15, -0.1) is 0 Å². The lowest BCUT2D eigenvalue weighted by atomic mass is 10.6. The molecule has 0 bridgehead atoms. The van der Waals surface area contributed by atoms with E-state index in [9.17, 15) is 13.2 Å². The fraction of sp³-hybridized carbons (Fsp3) is 0.571. The van der Waals surface area contributed by atoms with Crippen molar-refractivity contribution in [3.8, 4) is 5.75 Å². The highest BCUT2D eigenvalue weighted by Crippen LogP contribution is 2.18. The Morgan fingerprint density at radius 2 is 2.21 bits per heavy atom. The first-order valence-electron chi connectivity index (χ1n) is 3.84. The number of rotatable bonds is 4. The van der Waals surface area contributed by atoms with Crippen LogP contribution in [0.2, 0.25) is 0 Å². The molecular weight excluding hydrogens is 201 g/mol. The van der Waals surface area contributed by atoms with Crippen LogP contribution in [0.15, 0.2) is 12.4 Å². The van der Waals surface area contributed by atoms with Gasteiger partial charge in [0.1, 0.15) is 13.2 Å². The van der Waals surface area contributed by atoms with Gasteiger partial charge in [0.25, 0.3) is 0 Å². The summed E-state index contributed by atoms with van der Waals surface area (Å²) < 4.78 is 41.2. The van der Waals surface area contributed by atoms with E-state index in [1.54, 1.807) is 0 Å². The number of ether oxygens (including phenoxy) is 1. The molecule has 0 atom stereocenters. The summed E-state index contributed by atoms with van der Waals surface area (Å²) in [5.41, 5.74) is 0. The third kappa shape index (κ3) is 3.65. The molecule has 1 N–H and O–H groups in total. The minimum atomic E-state index is -4.29. The van der Waals surface area contributed by atoms with Gasteiger partial charge in [0.15, 0.2) is 5.75 Å². The maximum atomic E-state index is 11.9.